The topological polar surface area (TPSA) is 98.5 Å². The van der Waals surface area contributed by atoms with E-state index in [-0.39, 0.29) is 18.0 Å². The van der Waals surface area contributed by atoms with E-state index in [9.17, 15) is 13.2 Å². The van der Waals surface area contributed by atoms with Gasteiger partial charge in [0.05, 0.1) is 4.90 Å². The molecule has 0 aliphatic heterocycles. The Hall–Kier alpha value is -2.22. The first-order valence-corrected chi connectivity index (χ1v) is 8.49. The first-order chi connectivity index (χ1) is 11.0. The summed E-state index contributed by atoms with van der Waals surface area (Å²) in [6.45, 7) is -0.136. The number of benzene rings is 2. The largest absolute Gasteiger partial charge is 0.460 e. The highest BCUT2D eigenvalue weighted by Gasteiger charge is 2.25. The van der Waals surface area contributed by atoms with Crippen LogP contribution in [0.4, 0.5) is 0 Å². The van der Waals surface area contributed by atoms with Crippen LogP contribution < -0.4 is 10.5 Å². The van der Waals surface area contributed by atoms with E-state index in [0.29, 0.717) is 0 Å². The summed E-state index contributed by atoms with van der Waals surface area (Å²) >= 11 is 0. The van der Waals surface area contributed by atoms with E-state index in [4.69, 9.17) is 10.5 Å². The summed E-state index contributed by atoms with van der Waals surface area (Å²) in [7, 11) is -3.83. The summed E-state index contributed by atoms with van der Waals surface area (Å²) < 4.78 is 31.8. The van der Waals surface area contributed by atoms with Gasteiger partial charge in [0.25, 0.3) is 0 Å². The minimum atomic E-state index is -3.83. The quantitative estimate of drug-likeness (QED) is 0.737. The Morgan fingerprint density at radius 2 is 1.61 bits per heavy atom. The number of nitrogens with one attached hydrogen (secondary N) is 1. The van der Waals surface area contributed by atoms with Crippen LogP contribution in [0, 0.1) is 0 Å². The standard InChI is InChI=1S/C16H18N2O4S/c17-11-15(16(19)22-12-13-7-3-1-4-8-13)18-23(20,21)14-9-5-2-6-10-14/h1-10,15,18H,11-12,17H2/t15-/m0/s1. The van der Waals surface area contributed by atoms with Gasteiger partial charge in [0, 0.05) is 6.54 Å². The van der Waals surface area contributed by atoms with E-state index in [0.717, 1.165) is 5.56 Å². The van der Waals surface area contributed by atoms with Gasteiger partial charge < -0.3 is 10.5 Å². The molecule has 0 fully saturated rings. The van der Waals surface area contributed by atoms with Crippen LogP contribution in [0.2, 0.25) is 0 Å². The average molecular weight is 334 g/mol. The SMILES string of the molecule is NC[C@H](NS(=O)(=O)c1ccccc1)C(=O)OCc1ccccc1. The zero-order valence-corrected chi connectivity index (χ0v) is 13.2. The highest BCUT2D eigenvalue weighted by atomic mass is 32.2. The van der Waals surface area contributed by atoms with E-state index < -0.39 is 22.0 Å². The second-order valence-electron chi connectivity index (χ2n) is 4.82. The zero-order chi connectivity index (χ0) is 16.7. The Morgan fingerprint density at radius 1 is 1.04 bits per heavy atom. The van der Waals surface area contributed by atoms with Crippen LogP contribution in [0.15, 0.2) is 65.6 Å². The fraction of sp³-hybridized carbons (Fsp3) is 0.188. The molecule has 0 aliphatic rings. The van der Waals surface area contributed by atoms with Crippen LogP contribution in [-0.2, 0) is 26.2 Å². The molecule has 0 aliphatic carbocycles. The van der Waals surface area contributed by atoms with Crippen molar-refractivity contribution in [2.45, 2.75) is 17.5 Å². The number of sulfonamides is 1. The van der Waals surface area contributed by atoms with Crippen molar-refractivity contribution in [3.05, 3.63) is 66.2 Å². The summed E-state index contributed by atoms with van der Waals surface area (Å²) in [4.78, 5) is 12.1. The van der Waals surface area contributed by atoms with Gasteiger partial charge in [-0.25, -0.2) is 8.42 Å². The van der Waals surface area contributed by atoms with Gasteiger partial charge in [-0.2, -0.15) is 4.72 Å². The maximum Gasteiger partial charge on any atom is 0.325 e. The lowest BCUT2D eigenvalue weighted by Crippen LogP contribution is -2.46. The smallest absolute Gasteiger partial charge is 0.325 e. The van der Waals surface area contributed by atoms with Crippen molar-refractivity contribution in [2.24, 2.45) is 5.73 Å². The van der Waals surface area contributed by atoms with Crippen molar-refractivity contribution in [1.29, 1.82) is 0 Å². The molecule has 23 heavy (non-hydrogen) atoms. The summed E-state index contributed by atoms with van der Waals surface area (Å²) in [5, 5.41) is 0. The second-order valence-corrected chi connectivity index (χ2v) is 6.53. The predicted octanol–water partition coefficient (Wildman–Crippen LogP) is 1.04. The van der Waals surface area contributed by atoms with Gasteiger partial charge in [0.2, 0.25) is 10.0 Å². The number of ether oxygens (including phenoxy) is 1. The molecule has 0 radical (unpaired) electrons. The van der Waals surface area contributed by atoms with Crippen molar-refractivity contribution in [1.82, 2.24) is 4.72 Å². The number of carbonyl (C=O) groups excluding carboxylic acids is 1. The molecule has 6 nitrogen and oxygen atoms in total. The van der Waals surface area contributed by atoms with Crippen LogP contribution in [0.3, 0.4) is 0 Å². The van der Waals surface area contributed by atoms with Gasteiger partial charge in [-0.15, -0.1) is 0 Å². The van der Waals surface area contributed by atoms with Crippen molar-refractivity contribution in [3.8, 4) is 0 Å². The Morgan fingerprint density at radius 3 is 2.17 bits per heavy atom. The van der Waals surface area contributed by atoms with E-state index in [1.165, 1.54) is 12.1 Å². The van der Waals surface area contributed by atoms with Crippen molar-refractivity contribution in [2.75, 3.05) is 6.54 Å². The molecule has 2 aromatic carbocycles. The Labute approximate surface area is 135 Å². The maximum atomic E-state index is 12.2. The van der Waals surface area contributed by atoms with Gasteiger partial charge in [-0.3, -0.25) is 4.79 Å². The first kappa shape index (κ1) is 17.1. The minimum Gasteiger partial charge on any atom is -0.460 e. The molecular formula is C16H18N2O4S. The van der Waals surface area contributed by atoms with E-state index in [1.807, 2.05) is 18.2 Å². The monoisotopic (exact) mass is 334 g/mol. The lowest BCUT2D eigenvalue weighted by Gasteiger charge is -2.16. The van der Waals surface area contributed by atoms with Crippen LogP contribution >= 0.6 is 0 Å². The van der Waals surface area contributed by atoms with E-state index >= 15 is 0 Å². The third-order valence-corrected chi connectivity index (χ3v) is 4.58. The third kappa shape index (κ3) is 4.88. The Kier molecular flexibility index (Phi) is 5.86. The fourth-order valence-corrected chi connectivity index (χ4v) is 3.10. The van der Waals surface area contributed by atoms with Gasteiger partial charge in [-0.1, -0.05) is 48.5 Å². The molecule has 3 N–H and O–H groups in total. The fourth-order valence-electron chi connectivity index (χ4n) is 1.88. The number of hydrogen-bond donors (Lipinski definition) is 2. The first-order valence-electron chi connectivity index (χ1n) is 7.01. The predicted molar refractivity (Wildman–Crippen MR) is 85.8 cm³/mol. The Bertz CT molecular complexity index is 733. The number of hydrogen-bond acceptors (Lipinski definition) is 5. The van der Waals surface area contributed by atoms with Gasteiger partial charge >= 0.3 is 5.97 Å². The van der Waals surface area contributed by atoms with Gasteiger partial charge in [-0.05, 0) is 17.7 Å². The normalized spacial score (nSPS) is 12.6. The molecule has 0 bridgehead atoms. The van der Waals surface area contributed by atoms with Gasteiger partial charge in [0.1, 0.15) is 12.6 Å². The van der Waals surface area contributed by atoms with Crippen molar-refractivity contribution in [3.63, 3.8) is 0 Å². The van der Waals surface area contributed by atoms with Crippen LogP contribution in [0.25, 0.3) is 0 Å². The third-order valence-electron chi connectivity index (χ3n) is 3.10. The molecule has 122 valence electrons. The molecular weight excluding hydrogens is 316 g/mol. The summed E-state index contributed by atoms with van der Waals surface area (Å²) in [6, 6.07) is 15.7. The van der Waals surface area contributed by atoms with E-state index in [2.05, 4.69) is 4.72 Å². The molecule has 0 spiro atoms. The molecule has 0 amide bonds. The summed E-state index contributed by atoms with van der Waals surface area (Å²) in [5.41, 5.74) is 6.31. The van der Waals surface area contributed by atoms with Crippen molar-refractivity contribution < 1.29 is 17.9 Å². The molecule has 2 aromatic rings. The molecule has 0 aromatic heterocycles. The molecule has 0 heterocycles. The maximum absolute atomic E-state index is 12.2. The highest BCUT2D eigenvalue weighted by molar-refractivity contribution is 7.89. The minimum absolute atomic E-state index is 0.0588. The zero-order valence-electron chi connectivity index (χ0n) is 12.4. The number of carbonyl (C=O) groups is 1. The van der Waals surface area contributed by atoms with E-state index in [1.54, 1.807) is 30.3 Å². The van der Waals surface area contributed by atoms with Crippen LogP contribution in [0.5, 0.6) is 0 Å². The molecule has 7 heteroatoms. The Balaban J connectivity index is 2.00. The van der Waals surface area contributed by atoms with Crippen LogP contribution in [0.1, 0.15) is 5.56 Å². The highest BCUT2D eigenvalue weighted by Crippen LogP contribution is 2.09. The lowest BCUT2D eigenvalue weighted by molar-refractivity contribution is -0.146. The molecule has 0 unspecified atom stereocenters. The van der Waals surface area contributed by atoms with Crippen molar-refractivity contribution >= 4 is 16.0 Å². The molecule has 1 atom stereocenters. The number of nitrogens with two attached hydrogens (primary N) is 1. The number of esters is 1. The van der Waals surface area contributed by atoms with Gasteiger partial charge in [0.15, 0.2) is 0 Å². The molecule has 0 saturated carbocycles. The summed E-state index contributed by atoms with van der Waals surface area (Å²) in [5.74, 6) is -0.712. The summed E-state index contributed by atoms with van der Waals surface area (Å²) in [6.07, 6.45) is 0. The lowest BCUT2D eigenvalue weighted by atomic mass is 10.2. The molecule has 2 rings (SSSR count). The number of rotatable bonds is 7. The average Bonchev–Trinajstić information content (AvgIpc) is 2.59. The molecule has 0 saturated heterocycles. The second kappa shape index (κ2) is 7.87. The van der Waals surface area contributed by atoms with Crippen LogP contribution in [-0.4, -0.2) is 27.0 Å².